The lowest BCUT2D eigenvalue weighted by atomic mass is 10.1. The number of nitrogens with two attached hydrogens (primary N) is 2. The largest absolute Gasteiger partial charge is 0.329 e. The first-order chi connectivity index (χ1) is 5.24. The average Bonchev–Trinajstić information content (AvgIpc) is 2.05. The van der Waals surface area contributed by atoms with Crippen LogP contribution in [-0.2, 0) is 0 Å². The molecule has 0 amide bonds. The van der Waals surface area contributed by atoms with Crippen LogP contribution in [-0.4, -0.2) is 11.5 Å². The van der Waals surface area contributed by atoms with Crippen molar-refractivity contribution in [3.8, 4) is 0 Å². The summed E-state index contributed by atoms with van der Waals surface area (Å²) in [5.74, 6) is 0. The van der Waals surface area contributed by atoms with Crippen LogP contribution in [0.25, 0.3) is 0 Å². The van der Waals surface area contributed by atoms with E-state index in [1.54, 1.807) is 6.20 Å². The monoisotopic (exact) mass is 215 g/mol. The minimum atomic E-state index is -0.101. The van der Waals surface area contributed by atoms with Gasteiger partial charge in [-0.05, 0) is 27.6 Å². The van der Waals surface area contributed by atoms with Crippen molar-refractivity contribution in [2.75, 3.05) is 6.54 Å². The molecular weight excluding hydrogens is 206 g/mol. The molecule has 0 spiro atoms. The van der Waals surface area contributed by atoms with E-state index in [1.165, 1.54) is 0 Å². The van der Waals surface area contributed by atoms with Crippen molar-refractivity contribution < 1.29 is 0 Å². The number of hydrogen-bond donors (Lipinski definition) is 2. The van der Waals surface area contributed by atoms with Crippen LogP contribution in [0.5, 0.6) is 0 Å². The normalized spacial score (nSPS) is 13.0. The molecule has 0 radical (unpaired) electrons. The number of hydrogen-bond acceptors (Lipinski definition) is 3. The molecule has 0 aromatic carbocycles. The van der Waals surface area contributed by atoms with Crippen LogP contribution in [0.4, 0.5) is 0 Å². The Labute approximate surface area is 73.9 Å². The Hall–Kier alpha value is -0.450. The van der Waals surface area contributed by atoms with Crippen molar-refractivity contribution in [1.29, 1.82) is 0 Å². The van der Waals surface area contributed by atoms with E-state index < -0.39 is 0 Å². The molecule has 1 aromatic rings. The molecule has 0 aliphatic rings. The SMILES string of the molecule is NC[C@@H](N)c1ccc(Br)nc1. The molecular formula is C7H10BrN3. The van der Waals surface area contributed by atoms with E-state index >= 15 is 0 Å². The van der Waals surface area contributed by atoms with Gasteiger partial charge in [0, 0.05) is 18.8 Å². The van der Waals surface area contributed by atoms with Crippen LogP contribution in [0.15, 0.2) is 22.9 Å². The zero-order valence-electron chi connectivity index (χ0n) is 6.00. The van der Waals surface area contributed by atoms with E-state index in [4.69, 9.17) is 11.5 Å². The van der Waals surface area contributed by atoms with Crippen LogP contribution in [0.1, 0.15) is 11.6 Å². The van der Waals surface area contributed by atoms with E-state index in [-0.39, 0.29) is 6.04 Å². The highest BCUT2D eigenvalue weighted by Crippen LogP contribution is 2.10. The Morgan fingerprint density at radius 1 is 1.55 bits per heavy atom. The fourth-order valence-corrected chi connectivity index (χ4v) is 0.977. The fourth-order valence-electron chi connectivity index (χ4n) is 0.743. The Balaban J connectivity index is 2.81. The summed E-state index contributed by atoms with van der Waals surface area (Å²) in [5, 5.41) is 0. The van der Waals surface area contributed by atoms with Gasteiger partial charge in [0.1, 0.15) is 4.60 Å². The van der Waals surface area contributed by atoms with Gasteiger partial charge in [-0.15, -0.1) is 0 Å². The molecule has 60 valence electrons. The summed E-state index contributed by atoms with van der Waals surface area (Å²) in [6, 6.07) is 3.66. The molecule has 4 N–H and O–H groups in total. The zero-order valence-corrected chi connectivity index (χ0v) is 7.58. The van der Waals surface area contributed by atoms with Gasteiger partial charge >= 0.3 is 0 Å². The van der Waals surface area contributed by atoms with Crippen molar-refractivity contribution in [2.24, 2.45) is 11.5 Å². The summed E-state index contributed by atoms with van der Waals surface area (Å²) in [7, 11) is 0. The number of halogens is 1. The number of pyridine rings is 1. The van der Waals surface area contributed by atoms with E-state index in [0.717, 1.165) is 10.2 Å². The first-order valence-electron chi connectivity index (χ1n) is 3.31. The maximum atomic E-state index is 5.66. The highest BCUT2D eigenvalue weighted by Gasteiger charge is 2.02. The molecule has 0 bridgehead atoms. The molecule has 1 rings (SSSR count). The van der Waals surface area contributed by atoms with Gasteiger partial charge in [0.2, 0.25) is 0 Å². The molecule has 1 heterocycles. The Morgan fingerprint density at radius 2 is 2.27 bits per heavy atom. The smallest absolute Gasteiger partial charge is 0.106 e. The third-order valence-electron chi connectivity index (χ3n) is 1.43. The van der Waals surface area contributed by atoms with Crippen molar-refractivity contribution in [2.45, 2.75) is 6.04 Å². The Kier molecular flexibility index (Phi) is 2.99. The molecule has 0 saturated heterocycles. The molecule has 0 fully saturated rings. The first-order valence-corrected chi connectivity index (χ1v) is 4.10. The molecule has 0 aliphatic carbocycles. The minimum Gasteiger partial charge on any atom is -0.329 e. The topological polar surface area (TPSA) is 64.9 Å². The predicted molar refractivity (Wildman–Crippen MR) is 47.9 cm³/mol. The molecule has 3 nitrogen and oxygen atoms in total. The first kappa shape index (κ1) is 8.64. The fraction of sp³-hybridized carbons (Fsp3) is 0.286. The average molecular weight is 216 g/mol. The van der Waals surface area contributed by atoms with E-state index in [9.17, 15) is 0 Å². The molecule has 11 heavy (non-hydrogen) atoms. The van der Waals surface area contributed by atoms with E-state index in [2.05, 4.69) is 20.9 Å². The van der Waals surface area contributed by atoms with Gasteiger partial charge in [0.05, 0.1) is 0 Å². The standard InChI is InChI=1S/C7H10BrN3/c8-7-2-1-5(4-11-7)6(10)3-9/h1-2,4,6H,3,9-10H2/t6-/m1/s1. The number of nitrogens with zero attached hydrogens (tertiary/aromatic N) is 1. The van der Waals surface area contributed by atoms with Crippen LogP contribution in [0.2, 0.25) is 0 Å². The second-order valence-electron chi connectivity index (χ2n) is 2.26. The molecule has 4 heteroatoms. The molecule has 0 aliphatic heterocycles. The molecule has 1 atom stereocenters. The van der Waals surface area contributed by atoms with E-state index in [1.807, 2.05) is 12.1 Å². The maximum absolute atomic E-state index is 5.66. The number of aromatic nitrogens is 1. The zero-order chi connectivity index (χ0) is 8.27. The van der Waals surface area contributed by atoms with Gasteiger partial charge in [-0.25, -0.2) is 4.98 Å². The predicted octanol–water partition coefficient (Wildman–Crippen LogP) is 0.803. The highest BCUT2D eigenvalue weighted by atomic mass is 79.9. The van der Waals surface area contributed by atoms with Gasteiger partial charge < -0.3 is 11.5 Å². The molecule has 0 saturated carbocycles. The lowest BCUT2D eigenvalue weighted by Gasteiger charge is -2.07. The second kappa shape index (κ2) is 3.80. The highest BCUT2D eigenvalue weighted by molar-refractivity contribution is 9.10. The summed E-state index contributed by atoms with van der Waals surface area (Å²) in [6.07, 6.45) is 1.72. The van der Waals surface area contributed by atoms with Gasteiger partial charge in [-0.1, -0.05) is 6.07 Å². The van der Waals surface area contributed by atoms with Gasteiger partial charge in [0.25, 0.3) is 0 Å². The van der Waals surface area contributed by atoms with Crippen molar-refractivity contribution >= 4 is 15.9 Å². The lowest BCUT2D eigenvalue weighted by Crippen LogP contribution is -2.20. The van der Waals surface area contributed by atoms with Crippen molar-refractivity contribution in [1.82, 2.24) is 4.98 Å². The van der Waals surface area contributed by atoms with Gasteiger partial charge in [-0.2, -0.15) is 0 Å². The quantitative estimate of drug-likeness (QED) is 0.718. The minimum absolute atomic E-state index is 0.101. The van der Waals surface area contributed by atoms with Crippen LogP contribution in [0.3, 0.4) is 0 Å². The van der Waals surface area contributed by atoms with Crippen LogP contribution >= 0.6 is 15.9 Å². The summed E-state index contributed by atoms with van der Waals surface area (Å²) in [6.45, 7) is 0.448. The third-order valence-corrected chi connectivity index (χ3v) is 1.90. The van der Waals surface area contributed by atoms with Crippen molar-refractivity contribution in [3.05, 3.63) is 28.5 Å². The van der Waals surface area contributed by atoms with Crippen LogP contribution in [0, 0.1) is 0 Å². The van der Waals surface area contributed by atoms with Crippen molar-refractivity contribution in [3.63, 3.8) is 0 Å². The van der Waals surface area contributed by atoms with Crippen LogP contribution < -0.4 is 11.5 Å². The second-order valence-corrected chi connectivity index (χ2v) is 3.07. The summed E-state index contributed by atoms with van der Waals surface area (Å²) >= 11 is 3.23. The molecule has 1 aromatic heterocycles. The third kappa shape index (κ3) is 2.25. The Morgan fingerprint density at radius 3 is 2.73 bits per heavy atom. The lowest BCUT2D eigenvalue weighted by molar-refractivity contribution is 0.732. The summed E-state index contributed by atoms with van der Waals surface area (Å²) in [4.78, 5) is 4.03. The van der Waals surface area contributed by atoms with Gasteiger partial charge in [-0.3, -0.25) is 0 Å². The molecule has 0 unspecified atom stereocenters. The number of rotatable bonds is 2. The summed E-state index contributed by atoms with van der Waals surface area (Å²) < 4.78 is 0.811. The maximum Gasteiger partial charge on any atom is 0.106 e. The Bertz CT molecular complexity index is 222. The summed E-state index contributed by atoms with van der Waals surface area (Å²) in [5.41, 5.74) is 12.0. The van der Waals surface area contributed by atoms with E-state index in [0.29, 0.717) is 6.54 Å². The van der Waals surface area contributed by atoms with Gasteiger partial charge in [0.15, 0.2) is 0 Å².